The lowest BCUT2D eigenvalue weighted by Crippen LogP contribution is -2.59. The van der Waals surface area contributed by atoms with Crippen LogP contribution in [0.2, 0.25) is 6.04 Å². The third kappa shape index (κ3) is 20.9. The molecule has 1 aliphatic heterocycles. The topological polar surface area (TPSA) is 66.4 Å². The molecule has 0 aromatic rings. The van der Waals surface area contributed by atoms with Crippen LogP contribution in [-0.4, -0.2) is 69.8 Å². The number of hydrogen-bond acceptors (Lipinski definition) is 7. The molecule has 1 rings (SSSR count). The van der Waals surface area contributed by atoms with E-state index in [0.717, 1.165) is 63.2 Å². The van der Waals surface area contributed by atoms with Crippen molar-refractivity contribution in [1.82, 2.24) is 0 Å². The highest BCUT2D eigenvalue weighted by molar-refractivity contribution is 7.80. The highest BCUT2D eigenvalue weighted by atomic mass is 32.1. The van der Waals surface area contributed by atoms with Gasteiger partial charge in [-0.15, -0.1) is 0 Å². The molecule has 1 aliphatic rings. The van der Waals surface area contributed by atoms with E-state index < -0.39 is 29.8 Å². The second-order valence-corrected chi connectivity index (χ2v) is 21.8. The number of aliphatic hydroxyl groups is 1. The molecule has 1 N–H and O–H groups in total. The number of thiol groups is 1. The first-order valence-corrected chi connectivity index (χ1v) is 23.5. The van der Waals surface area contributed by atoms with Gasteiger partial charge in [-0.05, 0) is 100 Å². The minimum Gasteiger partial charge on any atom is -0.418 e. The van der Waals surface area contributed by atoms with Gasteiger partial charge in [0.15, 0.2) is 9.76 Å². The fourth-order valence-electron chi connectivity index (χ4n) is 7.60. The predicted octanol–water partition coefficient (Wildman–Crippen LogP) is 10.3. The summed E-state index contributed by atoms with van der Waals surface area (Å²) in [6.07, 6.45) is 20.6. The van der Waals surface area contributed by atoms with Crippen molar-refractivity contribution in [1.29, 1.82) is 0 Å². The third-order valence-corrected chi connectivity index (χ3v) is 15.1. The van der Waals surface area contributed by atoms with Crippen molar-refractivity contribution in [3.05, 3.63) is 0 Å². The van der Waals surface area contributed by atoms with Crippen LogP contribution in [0.15, 0.2) is 0 Å². The molecular weight excluding hydrogens is 641 g/mol. The maximum absolute atomic E-state index is 10.4. The number of unbranched alkanes of at least 4 members (excludes halogenated alkanes) is 10. The van der Waals surface area contributed by atoms with Crippen molar-refractivity contribution in [2.24, 2.45) is 0 Å². The van der Waals surface area contributed by atoms with Crippen LogP contribution in [-0.2, 0) is 22.4 Å². The van der Waals surface area contributed by atoms with Crippen LogP contribution >= 0.6 is 12.6 Å². The van der Waals surface area contributed by atoms with E-state index in [2.05, 4.69) is 74.9 Å². The van der Waals surface area contributed by atoms with Gasteiger partial charge < -0.3 is 27.5 Å². The standard InChI is InChI=1S/C38H80O6SSi2/c1-12-14-16-17-18-19-20-21-22-23-28-47(42-34(5)31-37(10,11)44-47)41-33(4)30-36(8,9)43-38(25-15-13-2,26-24-27-45)46-40-32(3)29-35(6,7)39/h32-34,39,45H,12-31,46H2,1-11H3. The van der Waals surface area contributed by atoms with Gasteiger partial charge in [-0.3, -0.25) is 0 Å². The van der Waals surface area contributed by atoms with E-state index in [1.54, 1.807) is 0 Å². The average Bonchev–Trinajstić information content (AvgIpc) is 2.92. The van der Waals surface area contributed by atoms with Crippen LogP contribution in [0.25, 0.3) is 0 Å². The van der Waals surface area contributed by atoms with Gasteiger partial charge in [0.25, 0.3) is 0 Å². The summed E-state index contributed by atoms with van der Waals surface area (Å²) >= 11 is 4.57. The molecule has 6 nitrogen and oxygen atoms in total. The molecule has 1 heterocycles. The van der Waals surface area contributed by atoms with Crippen molar-refractivity contribution in [3.63, 3.8) is 0 Å². The first-order valence-electron chi connectivity index (χ1n) is 19.6. The number of hydrogen-bond donors (Lipinski definition) is 2. The molecule has 47 heavy (non-hydrogen) atoms. The van der Waals surface area contributed by atoms with E-state index in [-0.39, 0.29) is 29.1 Å². The van der Waals surface area contributed by atoms with Crippen molar-refractivity contribution in [2.45, 2.75) is 238 Å². The molecule has 5 atom stereocenters. The Kier molecular flexibility index (Phi) is 21.8. The van der Waals surface area contributed by atoms with Crippen LogP contribution in [0.3, 0.4) is 0 Å². The van der Waals surface area contributed by atoms with Crippen LogP contribution in [0.4, 0.5) is 0 Å². The lowest BCUT2D eigenvalue weighted by Gasteiger charge is -2.47. The lowest BCUT2D eigenvalue weighted by molar-refractivity contribution is -0.139. The van der Waals surface area contributed by atoms with Gasteiger partial charge in [-0.2, -0.15) is 12.6 Å². The molecule has 0 spiro atoms. The third-order valence-electron chi connectivity index (χ3n) is 9.28. The zero-order valence-corrected chi connectivity index (χ0v) is 36.3. The van der Waals surface area contributed by atoms with Gasteiger partial charge in [-0.25, -0.2) is 0 Å². The minimum absolute atomic E-state index is 0.00441. The summed E-state index contributed by atoms with van der Waals surface area (Å²) in [5.74, 6) is 0.834. The highest BCUT2D eigenvalue weighted by Crippen LogP contribution is 2.38. The molecule has 1 fully saturated rings. The first-order chi connectivity index (χ1) is 21.9. The van der Waals surface area contributed by atoms with Gasteiger partial charge in [0.2, 0.25) is 0 Å². The van der Waals surface area contributed by atoms with E-state index in [1.807, 2.05) is 13.8 Å². The Morgan fingerprint density at radius 2 is 1.40 bits per heavy atom. The Labute approximate surface area is 301 Å². The molecule has 282 valence electrons. The zero-order chi connectivity index (χ0) is 35.6. The molecule has 0 radical (unpaired) electrons. The second-order valence-electron chi connectivity index (χ2n) is 16.9. The SMILES string of the molecule is CCCCCCCCCCCC[Si]1(OC(C)CC(C)(C)OC(CCCC)(CCCS)[SiH2]OC(C)CC(C)(C)O)OC(C)CC(C)(C)O1. The highest BCUT2D eigenvalue weighted by Gasteiger charge is 2.52. The van der Waals surface area contributed by atoms with Crippen LogP contribution in [0.5, 0.6) is 0 Å². The molecule has 1 saturated heterocycles. The fourth-order valence-corrected chi connectivity index (χ4v) is 13.2. The lowest BCUT2D eigenvalue weighted by atomic mass is 9.99. The maximum atomic E-state index is 10.4. The van der Waals surface area contributed by atoms with Crippen molar-refractivity contribution >= 4 is 31.2 Å². The normalized spacial score (nSPS) is 23.3. The Balaban J connectivity index is 2.96. The summed E-state index contributed by atoms with van der Waals surface area (Å²) in [5.41, 5.74) is -1.41. The average molecular weight is 721 g/mol. The van der Waals surface area contributed by atoms with Crippen molar-refractivity contribution in [2.75, 3.05) is 5.75 Å². The van der Waals surface area contributed by atoms with E-state index in [0.29, 0.717) is 6.42 Å². The Morgan fingerprint density at radius 3 is 1.94 bits per heavy atom. The van der Waals surface area contributed by atoms with Crippen LogP contribution < -0.4 is 0 Å². The summed E-state index contributed by atoms with van der Waals surface area (Å²) in [6.45, 7) is 23.5. The zero-order valence-electron chi connectivity index (χ0n) is 33.0. The summed E-state index contributed by atoms with van der Waals surface area (Å²) < 4.78 is 34.3. The van der Waals surface area contributed by atoms with Crippen LogP contribution in [0.1, 0.15) is 192 Å². The van der Waals surface area contributed by atoms with E-state index in [4.69, 9.17) is 22.4 Å². The van der Waals surface area contributed by atoms with Gasteiger partial charge >= 0.3 is 8.80 Å². The van der Waals surface area contributed by atoms with E-state index in [1.165, 1.54) is 57.8 Å². The largest absolute Gasteiger partial charge is 0.501 e. The first kappa shape index (κ1) is 45.6. The molecule has 5 unspecified atom stereocenters. The summed E-state index contributed by atoms with van der Waals surface area (Å²) in [5, 5.41) is 10.1. The fraction of sp³-hybridized carbons (Fsp3) is 1.00. The van der Waals surface area contributed by atoms with Gasteiger partial charge in [0, 0.05) is 37.2 Å². The quantitative estimate of drug-likeness (QED) is 0.0477. The summed E-state index contributed by atoms with van der Waals surface area (Å²) in [4.78, 5) is 0. The monoisotopic (exact) mass is 721 g/mol. The molecule has 0 aromatic carbocycles. The molecule has 0 aliphatic carbocycles. The summed E-state index contributed by atoms with van der Waals surface area (Å²) in [7, 11) is -3.98. The Hall–Kier alpha value is 0.544. The van der Waals surface area contributed by atoms with Crippen molar-refractivity contribution < 1.29 is 27.5 Å². The second kappa shape index (κ2) is 22.5. The van der Waals surface area contributed by atoms with Gasteiger partial charge in [-0.1, -0.05) is 84.5 Å². The van der Waals surface area contributed by atoms with E-state index in [9.17, 15) is 5.11 Å². The Morgan fingerprint density at radius 1 is 0.851 bits per heavy atom. The predicted molar refractivity (Wildman–Crippen MR) is 208 cm³/mol. The number of rotatable bonds is 28. The smallest absolute Gasteiger partial charge is 0.418 e. The van der Waals surface area contributed by atoms with Gasteiger partial charge in [0.05, 0.1) is 22.0 Å². The van der Waals surface area contributed by atoms with Crippen LogP contribution in [0, 0.1) is 0 Å². The molecule has 0 aromatic heterocycles. The molecule has 0 amide bonds. The molecular formula is C38H80O6SSi2. The van der Waals surface area contributed by atoms with Crippen molar-refractivity contribution in [3.8, 4) is 0 Å². The minimum atomic E-state index is -2.89. The molecule has 0 saturated carbocycles. The number of ether oxygens (including phenoxy) is 1. The molecule has 9 heteroatoms. The van der Waals surface area contributed by atoms with Gasteiger partial charge in [0.1, 0.15) is 0 Å². The maximum Gasteiger partial charge on any atom is 0.501 e. The summed E-state index contributed by atoms with van der Waals surface area (Å²) in [6, 6.07) is 0.880. The molecule has 0 bridgehead atoms. The Bertz CT molecular complexity index is 800. The van der Waals surface area contributed by atoms with E-state index >= 15 is 0 Å².